The molecule has 6 nitrogen and oxygen atoms in total. The van der Waals surface area contributed by atoms with E-state index in [2.05, 4.69) is 0 Å². The van der Waals surface area contributed by atoms with Crippen molar-refractivity contribution in [1.82, 2.24) is 0 Å². The van der Waals surface area contributed by atoms with Crippen molar-refractivity contribution in [3.8, 4) is 5.75 Å². The van der Waals surface area contributed by atoms with Crippen molar-refractivity contribution in [2.45, 2.75) is 25.2 Å². The van der Waals surface area contributed by atoms with Crippen molar-refractivity contribution in [2.24, 2.45) is 0 Å². The maximum Gasteiger partial charge on any atom is 0.326 e. The summed E-state index contributed by atoms with van der Waals surface area (Å²) in [4.78, 5) is 11.7. The monoisotopic (exact) mass is 395 g/mol. The van der Waals surface area contributed by atoms with E-state index in [0.717, 1.165) is 22.4 Å². The lowest BCUT2D eigenvalue weighted by Crippen LogP contribution is -2.36. The second-order valence-electron chi connectivity index (χ2n) is 5.63. The summed E-state index contributed by atoms with van der Waals surface area (Å²) in [6, 6.07) is 10.1. The Bertz CT molecular complexity index is 897. The first-order valence-corrected chi connectivity index (χ1v) is 9.88. The lowest BCUT2D eigenvalue weighted by molar-refractivity contribution is -0.141. The normalized spacial score (nSPS) is 11.1. The van der Waals surface area contributed by atoms with E-state index < -0.39 is 28.4 Å². The maximum atomic E-state index is 14.0. The minimum absolute atomic E-state index is 0.0711. The average Bonchev–Trinajstić information content (AvgIpc) is 2.66. The molecule has 0 bridgehead atoms. The third kappa shape index (κ3) is 4.77. The lowest BCUT2D eigenvalue weighted by atomic mass is 10.1. The van der Waals surface area contributed by atoms with Gasteiger partial charge in [0.1, 0.15) is 6.54 Å². The van der Waals surface area contributed by atoms with Crippen molar-refractivity contribution in [3.63, 3.8) is 0 Å². The van der Waals surface area contributed by atoms with Gasteiger partial charge in [-0.1, -0.05) is 19.1 Å². The van der Waals surface area contributed by atoms with Gasteiger partial charge in [0.15, 0.2) is 11.6 Å². The van der Waals surface area contributed by atoms with E-state index in [1.165, 1.54) is 19.2 Å². The second-order valence-corrected chi connectivity index (χ2v) is 7.50. The molecule has 2 aromatic rings. The molecule has 0 heterocycles. The van der Waals surface area contributed by atoms with E-state index in [1.54, 1.807) is 31.2 Å². The van der Waals surface area contributed by atoms with Gasteiger partial charge in [-0.15, -0.1) is 0 Å². The Morgan fingerprint density at radius 3 is 2.30 bits per heavy atom. The van der Waals surface area contributed by atoms with Gasteiger partial charge in [-0.25, -0.2) is 12.8 Å². The molecule has 0 aliphatic carbocycles. The molecule has 0 aliphatic heterocycles. The molecule has 0 aromatic heterocycles. The van der Waals surface area contributed by atoms with Gasteiger partial charge in [-0.2, -0.15) is 0 Å². The number of anilines is 1. The van der Waals surface area contributed by atoms with Crippen molar-refractivity contribution < 1.29 is 27.1 Å². The van der Waals surface area contributed by atoms with Gasteiger partial charge in [-0.3, -0.25) is 9.10 Å². The topological polar surface area (TPSA) is 72.9 Å². The number of halogens is 1. The van der Waals surface area contributed by atoms with Gasteiger partial charge < -0.3 is 9.47 Å². The molecule has 0 spiro atoms. The largest absolute Gasteiger partial charge is 0.494 e. The number of carbonyl (C=O) groups is 1. The summed E-state index contributed by atoms with van der Waals surface area (Å²) in [5.41, 5.74) is 1.30. The standard InChI is InChI=1S/C19H22FNO5S/c1-4-14-6-8-15(9-7-14)21(13-19(22)26-5-2)27(23,24)16-10-11-18(25-3)17(20)12-16/h6-12H,4-5,13H2,1-3H3. The Hall–Kier alpha value is -2.61. The van der Waals surface area contributed by atoms with Gasteiger partial charge in [0.2, 0.25) is 0 Å². The van der Waals surface area contributed by atoms with Crippen molar-refractivity contribution in [2.75, 3.05) is 24.6 Å². The number of rotatable bonds is 8. The molecular formula is C19H22FNO5S. The van der Waals surface area contributed by atoms with Crippen LogP contribution in [0.25, 0.3) is 0 Å². The number of methoxy groups -OCH3 is 1. The van der Waals surface area contributed by atoms with Gasteiger partial charge in [-0.05, 0) is 49.2 Å². The lowest BCUT2D eigenvalue weighted by Gasteiger charge is -2.24. The zero-order valence-electron chi connectivity index (χ0n) is 15.4. The second kappa shape index (κ2) is 8.85. The molecule has 27 heavy (non-hydrogen) atoms. The molecule has 0 radical (unpaired) electrons. The smallest absolute Gasteiger partial charge is 0.326 e. The highest BCUT2D eigenvalue weighted by Crippen LogP contribution is 2.27. The van der Waals surface area contributed by atoms with Crippen LogP contribution in [0.1, 0.15) is 19.4 Å². The number of hydrogen-bond acceptors (Lipinski definition) is 5. The van der Waals surface area contributed by atoms with Crippen molar-refractivity contribution in [3.05, 3.63) is 53.8 Å². The van der Waals surface area contributed by atoms with Crippen LogP contribution in [-0.2, 0) is 26.0 Å². The first-order valence-electron chi connectivity index (χ1n) is 8.44. The summed E-state index contributed by atoms with van der Waals surface area (Å²) < 4.78 is 50.8. The van der Waals surface area contributed by atoms with Crippen molar-refractivity contribution in [1.29, 1.82) is 0 Å². The number of hydrogen-bond donors (Lipinski definition) is 0. The molecule has 2 rings (SSSR count). The van der Waals surface area contributed by atoms with Crippen molar-refractivity contribution >= 4 is 21.7 Å². The minimum atomic E-state index is -4.20. The van der Waals surface area contributed by atoms with Crippen LogP contribution in [0.15, 0.2) is 47.4 Å². The van der Waals surface area contributed by atoms with Crippen LogP contribution < -0.4 is 9.04 Å². The fourth-order valence-electron chi connectivity index (χ4n) is 2.47. The molecular weight excluding hydrogens is 373 g/mol. The van der Waals surface area contributed by atoms with Gasteiger partial charge in [0, 0.05) is 0 Å². The Labute approximate surface area is 158 Å². The molecule has 146 valence electrons. The van der Waals surface area contributed by atoms with Crippen LogP contribution in [0.3, 0.4) is 0 Å². The van der Waals surface area contributed by atoms with E-state index in [-0.39, 0.29) is 22.9 Å². The fraction of sp³-hybridized carbons (Fsp3) is 0.316. The van der Waals surface area contributed by atoms with Crippen LogP contribution in [-0.4, -0.2) is 34.6 Å². The SMILES string of the molecule is CCOC(=O)CN(c1ccc(CC)cc1)S(=O)(=O)c1ccc(OC)c(F)c1. The van der Waals surface area contributed by atoms with E-state index in [0.29, 0.717) is 0 Å². The Kier molecular flexibility index (Phi) is 6.79. The van der Waals surface area contributed by atoms with E-state index in [9.17, 15) is 17.6 Å². The van der Waals surface area contributed by atoms with Crippen LogP contribution in [0.5, 0.6) is 5.75 Å². The van der Waals surface area contributed by atoms with E-state index >= 15 is 0 Å². The summed E-state index contributed by atoms with van der Waals surface area (Å²) in [6.07, 6.45) is 0.786. The predicted molar refractivity (Wildman–Crippen MR) is 99.9 cm³/mol. The van der Waals surface area contributed by atoms with Crippen LogP contribution in [0, 0.1) is 5.82 Å². The number of ether oxygens (including phenoxy) is 2. The molecule has 0 saturated carbocycles. The molecule has 0 unspecified atom stereocenters. The molecule has 8 heteroatoms. The molecule has 0 N–H and O–H groups in total. The number of carbonyl (C=O) groups excluding carboxylic acids is 1. The molecule has 0 aliphatic rings. The third-order valence-electron chi connectivity index (χ3n) is 3.92. The average molecular weight is 395 g/mol. The Morgan fingerprint density at radius 2 is 1.78 bits per heavy atom. The molecule has 2 aromatic carbocycles. The molecule has 0 saturated heterocycles. The highest BCUT2D eigenvalue weighted by atomic mass is 32.2. The molecule has 0 atom stereocenters. The summed E-state index contributed by atoms with van der Waals surface area (Å²) in [6.45, 7) is 3.21. The van der Waals surface area contributed by atoms with E-state index in [4.69, 9.17) is 9.47 Å². The molecule has 0 amide bonds. The summed E-state index contributed by atoms with van der Waals surface area (Å²) in [5.74, 6) is -1.58. The first-order chi connectivity index (χ1) is 12.8. The number of aryl methyl sites for hydroxylation is 1. The fourth-order valence-corrected chi connectivity index (χ4v) is 3.89. The first kappa shape index (κ1) is 20.7. The zero-order valence-corrected chi connectivity index (χ0v) is 16.3. The molecule has 0 fully saturated rings. The number of esters is 1. The summed E-state index contributed by atoms with van der Waals surface area (Å²) in [7, 11) is -2.91. The van der Waals surface area contributed by atoms with E-state index in [1.807, 2.05) is 6.92 Å². The van der Waals surface area contributed by atoms with Gasteiger partial charge in [0.25, 0.3) is 10.0 Å². The van der Waals surface area contributed by atoms with Crippen LogP contribution >= 0.6 is 0 Å². The third-order valence-corrected chi connectivity index (χ3v) is 5.69. The number of nitrogens with zero attached hydrogens (tertiary/aromatic N) is 1. The van der Waals surface area contributed by atoms with Gasteiger partial charge >= 0.3 is 5.97 Å². The van der Waals surface area contributed by atoms with Crippen LogP contribution in [0.2, 0.25) is 0 Å². The maximum absolute atomic E-state index is 14.0. The quantitative estimate of drug-likeness (QED) is 0.642. The number of sulfonamides is 1. The van der Waals surface area contributed by atoms with Gasteiger partial charge in [0.05, 0.1) is 24.3 Å². The Morgan fingerprint density at radius 1 is 1.11 bits per heavy atom. The summed E-state index contributed by atoms with van der Waals surface area (Å²) >= 11 is 0. The van der Waals surface area contributed by atoms with Crippen LogP contribution in [0.4, 0.5) is 10.1 Å². The summed E-state index contributed by atoms with van der Waals surface area (Å²) in [5, 5.41) is 0. The number of benzene rings is 2. The highest BCUT2D eigenvalue weighted by Gasteiger charge is 2.28. The zero-order chi connectivity index (χ0) is 20.0. The predicted octanol–water partition coefficient (Wildman–Crippen LogP) is 3.16. The minimum Gasteiger partial charge on any atom is -0.494 e. The highest BCUT2D eigenvalue weighted by molar-refractivity contribution is 7.92. The Balaban J connectivity index is 2.49.